The molecule has 0 spiro atoms. The van der Waals surface area contributed by atoms with Crippen LogP contribution in [0.1, 0.15) is 53.9 Å². The lowest BCUT2D eigenvalue weighted by Crippen LogP contribution is -2.10. The van der Waals surface area contributed by atoms with Gasteiger partial charge in [-0.1, -0.05) is 49.0 Å². The van der Waals surface area contributed by atoms with Crippen LogP contribution in [0.3, 0.4) is 0 Å². The Morgan fingerprint density at radius 1 is 1.21 bits per heavy atom. The number of carbonyl (C=O) groups is 1. The second-order valence-corrected chi connectivity index (χ2v) is 10.2. The molecule has 0 amide bonds. The number of hydrogen-bond donors (Lipinski definition) is 0. The predicted molar refractivity (Wildman–Crippen MR) is 118 cm³/mol. The molecule has 0 saturated heterocycles. The van der Waals surface area contributed by atoms with Crippen molar-refractivity contribution < 1.29 is 9.53 Å². The summed E-state index contributed by atoms with van der Waals surface area (Å²) < 4.78 is 5.46. The second kappa shape index (κ2) is 8.07. The van der Waals surface area contributed by atoms with Gasteiger partial charge in [0.2, 0.25) is 0 Å². The molecule has 6 heteroatoms. The van der Waals surface area contributed by atoms with Gasteiger partial charge in [-0.3, -0.25) is 4.79 Å². The summed E-state index contributed by atoms with van der Waals surface area (Å²) >= 11 is 3.35. The third-order valence-corrected chi connectivity index (χ3v) is 7.75. The fourth-order valence-corrected chi connectivity index (χ4v) is 6.17. The third-order valence-electron chi connectivity index (χ3n) is 5.65. The van der Waals surface area contributed by atoms with Gasteiger partial charge in [0.25, 0.3) is 0 Å². The minimum Gasteiger partial charge on any atom is -0.460 e. The van der Waals surface area contributed by atoms with Crippen molar-refractivity contribution in [2.45, 2.75) is 56.6 Å². The molecule has 1 saturated carbocycles. The minimum atomic E-state index is -0.198. The summed E-state index contributed by atoms with van der Waals surface area (Å²) in [5, 5.41) is 2.17. The molecule has 1 aromatic carbocycles. The molecule has 0 N–H and O–H groups in total. The molecule has 1 fully saturated rings. The van der Waals surface area contributed by atoms with Crippen LogP contribution in [0.15, 0.2) is 35.4 Å². The molecule has 2 heterocycles. The molecule has 150 valence electrons. The number of benzene rings is 1. The molecular weight excluding hydrogens is 400 g/mol. The number of carbonyl (C=O) groups excluding carboxylic acids is 1. The largest absolute Gasteiger partial charge is 0.460 e. The van der Waals surface area contributed by atoms with Gasteiger partial charge < -0.3 is 4.74 Å². The van der Waals surface area contributed by atoms with E-state index in [4.69, 9.17) is 14.7 Å². The number of hydrogen-bond acceptors (Lipinski definition) is 6. The number of fused-ring (bicyclic) bond motifs is 3. The van der Waals surface area contributed by atoms with Gasteiger partial charge in [-0.15, -0.1) is 11.3 Å². The monoisotopic (exact) mass is 424 g/mol. The molecule has 0 aliphatic heterocycles. The Labute approximate surface area is 179 Å². The van der Waals surface area contributed by atoms with Gasteiger partial charge in [-0.05, 0) is 49.1 Å². The van der Waals surface area contributed by atoms with Crippen molar-refractivity contribution in [2.75, 3.05) is 5.75 Å². The summed E-state index contributed by atoms with van der Waals surface area (Å²) in [6, 6.07) is 9.80. The lowest BCUT2D eigenvalue weighted by molar-refractivity contribution is -0.141. The second-order valence-electron chi connectivity index (χ2n) is 8.13. The molecule has 0 bridgehead atoms. The van der Waals surface area contributed by atoms with Crippen LogP contribution in [0.25, 0.3) is 10.2 Å². The Kier molecular flexibility index (Phi) is 5.31. The number of thioether (sulfide) groups is 1. The first-order valence-electron chi connectivity index (χ1n) is 10.3. The van der Waals surface area contributed by atoms with Gasteiger partial charge in [0, 0.05) is 16.2 Å². The molecule has 2 aliphatic carbocycles. The van der Waals surface area contributed by atoms with E-state index in [1.165, 1.54) is 46.9 Å². The summed E-state index contributed by atoms with van der Waals surface area (Å²) in [5.74, 6) is 2.28. The Hall–Kier alpha value is -1.92. The highest BCUT2D eigenvalue weighted by Crippen LogP contribution is 2.44. The van der Waals surface area contributed by atoms with E-state index in [1.54, 1.807) is 0 Å². The first kappa shape index (κ1) is 19.1. The van der Waals surface area contributed by atoms with Crippen molar-refractivity contribution in [3.63, 3.8) is 0 Å². The number of ether oxygens (including phenoxy) is 1. The summed E-state index contributed by atoms with van der Waals surface area (Å²) in [5.41, 5.74) is 2.43. The summed E-state index contributed by atoms with van der Waals surface area (Å²) in [4.78, 5) is 24.7. The number of thiophene rings is 1. The summed E-state index contributed by atoms with van der Waals surface area (Å²) in [6.07, 6.45) is 5.80. The van der Waals surface area contributed by atoms with Crippen molar-refractivity contribution in [1.29, 1.82) is 0 Å². The number of aromatic nitrogens is 2. The van der Waals surface area contributed by atoms with Crippen molar-refractivity contribution in [2.24, 2.45) is 5.92 Å². The van der Waals surface area contributed by atoms with Gasteiger partial charge in [-0.2, -0.15) is 0 Å². The van der Waals surface area contributed by atoms with Gasteiger partial charge in [0.15, 0.2) is 0 Å². The predicted octanol–water partition coefficient (Wildman–Crippen LogP) is 5.53. The molecule has 2 aliphatic rings. The molecule has 0 radical (unpaired) electrons. The molecular formula is C23H24N2O2S2. The van der Waals surface area contributed by atoms with Crippen LogP contribution in [0, 0.1) is 5.92 Å². The van der Waals surface area contributed by atoms with E-state index in [9.17, 15) is 4.79 Å². The van der Waals surface area contributed by atoms with E-state index in [2.05, 4.69) is 6.92 Å². The average Bonchev–Trinajstić information content (AvgIpc) is 3.52. The van der Waals surface area contributed by atoms with Gasteiger partial charge in [-0.25, -0.2) is 9.97 Å². The summed E-state index contributed by atoms with van der Waals surface area (Å²) in [6.45, 7) is 2.64. The fourth-order valence-electron chi connectivity index (χ4n) is 3.86. The Balaban J connectivity index is 1.36. The molecule has 1 unspecified atom stereocenters. The number of rotatable bonds is 6. The van der Waals surface area contributed by atoms with E-state index in [-0.39, 0.29) is 11.7 Å². The zero-order valence-electron chi connectivity index (χ0n) is 16.5. The first-order chi connectivity index (χ1) is 14.2. The Bertz CT molecular complexity index is 1040. The van der Waals surface area contributed by atoms with E-state index < -0.39 is 0 Å². The lowest BCUT2D eigenvalue weighted by atomic mass is 9.89. The molecule has 5 rings (SSSR count). The number of aryl methyl sites for hydroxylation is 1. The molecule has 4 nitrogen and oxygen atoms in total. The third kappa shape index (κ3) is 4.19. The van der Waals surface area contributed by atoms with Gasteiger partial charge in [0.1, 0.15) is 22.3 Å². The highest BCUT2D eigenvalue weighted by molar-refractivity contribution is 8.00. The molecule has 3 aromatic rings. The summed E-state index contributed by atoms with van der Waals surface area (Å²) in [7, 11) is 0. The average molecular weight is 425 g/mol. The Morgan fingerprint density at radius 2 is 2.03 bits per heavy atom. The van der Waals surface area contributed by atoms with Crippen LogP contribution in [0.4, 0.5) is 0 Å². The smallest absolute Gasteiger partial charge is 0.316 e. The zero-order chi connectivity index (χ0) is 19.8. The van der Waals surface area contributed by atoms with Crippen LogP contribution in [-0.2, 0) is 29.0 Å². The topological polar surface area (TPSA) is 52.1 Å². The van der Waals surface area contributed by atoms with Crippen molar-refractivity contribution >= 4 is 39.3 Å². The van der Waals surface area contributed by atoms with Crippen LogP contribution in [-0.4, -0.2) is 21.7 Å². The van der Waals surface area contributed by atoms with Crippen LogP contribution >= 0.6 is 23.1 Å². The van der Waals surface area contributed by atoms with Crippen LogP contribution < -0.4 is 0 Å². The Morgan fingerprint density at radius 3 is 2.83 bits per heavy atom. The first-order valence-corrected chi connectivity index (χ1v) is 12.1. The van der Waals surface area contributed by atoms with Gasteiger partial charge in [0.05, 0.1) is 5.75 Å². The minimum absolute atomic E-state index is 0.198. The fraction of sp³-hybridized carbons (Fsp3) is 0.435. The maximum absolute atomic E-state index is 12.3. The van der Waals surface area contributed by atoms with E-state index in [1.807, 2.05) is 41.7 Å². The molecule has 1 atom stereocenters. The highest BCUT2D eigenvalue weighted by Gasteiger charge is 2.30. The van der Waals surface area contributed by atoms with E-state index in [0.29, 0.717) is 12.5 Å². The van der Waals surface area contributed by atoms with E-state index in [0.717, 1.165) is 40.0 Å². The SMILES string of the molecule is CC1CCc2c(sc3nc(C4CC4)nc(SCC(=O)OCc4ccccc4)c23)C1. The van der Waals surface area contributed by atoms with E-state index >= 15 is 0 Å². The zero-order valence-corrected chi connectivity index (χ0v) is 18.2. The van der Waals surface area contributed by atoms with Gasteiger partial charge >= 0.3 is 5.97 Å². The highest BCUT2D eigenvalue weighted by atomic mass is 32.2. The maximum Gasteiger partial charge on any atom is 0.316 e. The molecule has 29 heavy (non-hydrogen) atoms. The number of esters is 1. The van der Waals surface area contributed by atoms with Crippen LogP contribution in [0.2, 0.25) is 0 Å². The lowest BCUT2D eigenvalue weighted by Gasteiger charge is -2.18. The van der Waals surface area contributed by atoms with Crippen molar-refractivity contribution in [3.05, 3.63) is 52.2 Å². The standard InChI is InChI=1S/C23H24N2O2S2/c1-14-7-10-17-18(11-14)29-23-20(17)22(24-21(25-23)16-8-9-16)28-13-19(26)27-12-15-5-3-2-4-6-15/h2-6,14,16H,7-13H2,1H3. The van der Waals surface area contributed by atoms with Crippen molar-refractivity contribution in [1.82, 2.24) is 9.97 Å². The van der Waals surface area contributed by atoms with Crippen LogP contribution in [0.5, 0.6) is 0 Å². The number of nitrogens with zero attached hydrogens (tertiary/aromatic N) is 2. The molecule has 2 aromatic heterocycles. The normalized spacial score (nSPS) is 18.6. The maximum atomic E-state index is 12.3. The quantitative estimate of drug-likeness (QED) is 0.296. The van der Waals surface area contributed by atoms with Crippen molar-refractivity contribution in [3.8, 4) is 0 Å².